The van der Waals surface area contributed by atoms with E-state index in [2.05, 4.69) is 20.9 Å². The third kappa shape index (κ3) is 2.35. The Labute approximate surface area is 100 Å². The number of nitrogens with one attached hydrogen (secondary N) is 1. The number of thiazole rings is 1. The lowest BCUT2D eigenvalue weighted by Crippen LogP contribution is -2.15. The molecule has 0 aliphatic carbocycles. The Kier molecular flexibility index (Phi) is 3.02. The molecule has 0 saturated carbocycles. The molecule has 2 aromatic heterocycles. The summed E-state index contributed by atoms with van der Waals surface area (Å²) >= 11 is 4.84. The zero-order chi connectivity index (χ0) is 10.8. The molecule has 0 spiro atoms. The van der Waals surface area contributed by atoms with E-state index in [0.717, 1.165) is 15.7 Å². The lowest BCUT2D eigenvalue weighted by atomic mass is 10.3. The van der Waals surface area contributed by atoms with Gasteiger partial charge in [-0.2, -0.15) is 0 Å². The highest BCUT2D eigenvalue weighted by Crippen LogP contribution is 2.11. The number of pyridine rings is 1. The molecule has 0 unspecified atom stereocenters. The van der Waals surface area contributed by atoms with Gasteiger partial charge < -0.3 is 4.57 Å². The minimum absolute atomic E-state index is 0.576. The van der Waals surface area contributed by atoms with Gasteiger partial charge in [0.15, 0.2) is 4.80 Å². The SMILES string of the molecule is Cc1csc(=N)n1Cc1cncc(Br)c1. The van der Waals surface area contributed by atoms with E-state index in [1.807, 2.05) is 29.1 Å². The van der Waals surface area contributed by atoms with Crippen LogP contribution in [0.3, 0.4) is 0 Å². The second-order valence-corrected chi connectivity index (χ2v) is 5.05. The number of aromatic nitrogens is 2. The van der Waals surface area contributed by atoms with Crippen molar-refractivity contribution in [2.45, 2.75) is 13.5 Å². The lowest BCUT2D eigenvalue weighted by Gasteiger charge is -2.05. The van der Waals surface area contributed by atoms with E-state index in [1.165, 1.54) is 11.3 Å². The van der Waals surface area contributed by atoms with Crippen molar-refractivity contribution in [2.75, 3.05) is 0 Å². The normalized spacial score (nSPS) is 10.5. The molecule has 0 saturated heterocycles. The number of halogens is 1. The standard InChI is InChI=1S/C10H10BrN3S/c1-7-6-15-10(12)14(7)5-8-2-9(11)4-13-3-8/h2-4,6,12H,5H2,1H3. The molecule has 15 heavy (non-hydrogen) atoms. The van der Waals surface area contributed by atoms with E-state index in [1.54, 1.807) is 6.20 Å². The molecule has 2 rings (SSSR count). The minimum atomic E-state index is 0.576. The Morgan fingerprint density at radius 1 is 1.53 bits per heavy atom. The van der Waals surface area contributed by atoms with Gasteiger partial charge in [-0.25, -0.2) is 0 Å². The molecule has 0 fully saturated rings. The van der Waals surface area contributed by atoms with Crippen LogP contribution in [-0.2, 0) is 6.54 Å². The van der Waals surface area contributed by atoms with E-state index < -0.39 is 0 Å². The van der Waals surface area contributed by atoms with Crippen molar-refractivity contribution in [1.82, 2.24) is 9.55 Å². The van der Waals surface area contributed by atoms with Crippen LogP contribution in [-0.4, -0.2) is 9.55 Å². The van der Waals surface area contributed by atoms with Gasteiger partial charge in [0.05, 0.1) is 6.54 Å². The third-order valence-corrected chi connectivity index (χ3v) is 3.45. The van der Waals surface area contributed by atoms with Crippen LogP contribution in [0.5, 0.6) is 0 Å². The average molecular weight is 284 g/mol. The largest absolute Gasteiger partial charge is 0.317 e. The molecule has 0 radical (unpaired) electrons. The van der Waals surface area contributed by atoms with Crippen LogP contribution in [0.2, 0.25) is 0 Å². The van der Waals surface area contributed by atoms with Crippen LogP contribution >= 0.6 is 27.3 Å². The quantitative estimate of drug-likeness (QED) is 0.904. The molecule has 0 aromatic carbocycles. The summed E-state index contributed by atoms with van der Waals surface area (Å²) in [6.45, 7) is 2.72. The van der Waals surface area contributed by atoms with Gasteiger partial charge >= 0.3 is 0 Å². The molecule has 3 nitrogen and oxygen atoms in total. The molecule has 0 bridgehead atoms. The van der Waals surface area contributed by atoms with Gasteiger partial charge in [-0.15, -0.1) is 11.3 Å². The molecular weight excluding hydrogens is 274 g/mol. The summed E-state index contributed by atoms with van der Waals surface area (Å²) in [4.78, 5) is 4.68. The zero-order valence-corrected chi connectivity index (χ0v) is 10.6. The first-order chi connectivity index (χ1) is 7.16. The molecule has 2 aromatic rings. The van der Waals surface area contributed by atoms with Crippen molar-refractivity contribution in [3.05, 3.63) is 44.4 Å². The molecule has 1 N–H and O–H groups in total. The first-order valence-electron chi connectivity index (χ1n) is 4.46. The summed E-state index contributed by atoms with van der Waals surface area (Å²) < 4.78 is 2.94. The first kappa shape index (κ1) is 10.6. The van der Waals surface area contributed by atoms with Gasteiger partial charge in [0, 0.05) is 27.9 Å². The van der Waals surface area contributed by atoms with E-state index in [4.69, 9.17) is 5.41 Å². The maximum absolute atomic E-state index is 7.74. The van der Waals surface area contributed by atoms with Crippen molar-refractivity contribution >= 4 is 27.3 Å². The predicted octanol–water partition coefficient (Wildman–Crippen LogP) is 2.54. The van der Waals surface area contributed by atoms with Gasteiger partial charge in [0.2, 0.25) is 0 Å². The fourth-order valence-electron chi connectivity index (χ4n) is 1.35. The summed E-state index contributed by atoms with van der Waals surface area (Å²) in [5.41, 5.74) is 2.22. The van der Waals surface area contributed by atoms with Crippen molar-refractivity contribution in [1.29, 1.82) is 5.41 Å². The summed E-state index contributed by atoms with van der Waals surface area (Å²) in [6, 6.07) is 2.02. The van der Waals surface area contributed by atoms with Gasteiger partial charge in [0.1, 0.15) is 0 Å². The van der Waals surface area contributed by atoms with Crippen molar-refractivity contribution in [3.63, 3.8) is 0 Å². The van der Waals surface area contributed by atoms with Crippen LogP contribution in [0.15, 0.2) is 28.3 Å². The molecule has 0 atom stereocenters. The van der Waals surface area contributed by atoms with E-state index in [-0.39, 0.29) is 0 Å². The maximum Gasteiger partial charge on any atom is 0.182 e. The Morgan fingerprint density at radius 2 is 2.33 bits per heavy atom. The van der Waals surface area contributed by atoms with Crippen LogP contribution in [0, 0.1) is 12.3 Å². The van der Waals surface area contributed by atoms with Crippen molar-refractivity contribution in [3.8, 4) is 0 Å². The number of hydrogen-bond acceptors (Lipinski definition) is 3. The number of aryl methyl sites for hydroxylation is 1. The third-order valence-electron chi connectivity index (χ3n) is 2.11. The summed E-state index contributed by atoms with van der Waals surface area (Å²) in [7, 11) is 0. The summed E-state index contributed by atoms with van der Waals surface area (Å²) in [6.07, 6.45) is 3.59. The van der Waals surface area contributed by atoms with Crippen LogP contribution in [0.25, 0.3) is 0 Å². The Bertz CT molecular complexity index is 529. The Morgan fingerprint density at radius 3 is 2.93 bits per heavy atom. The van der Waals surface area contributed by atoms with Gasteiger partial charge in [-0.3, -0.25) is 10.4 Å². The monoisotopic (exact) mass is 283 g/mol. The molecule has 0 aliphatic heterocycles. The van der Waals surface area contributed by atoms with Crippen molar-refractivity contribution in [2.24, 2.45) is 0 Å². The highest BCUT2D eigenvalue weighted by Gasteiger charge is 2.01. The number of hydrogen-bond donors (Lipinski definition) is 1. The van der Waals surface area contributed by atoms with Gasteiger partial charge in [-0.05, 0) is 34.5 Å². The molecule has 78 valence electrons. The lowest BCUT2D eigenvalue weighted by molar-refractivity contribution is 0.730. The van der Waals surface area contributed by atoms with Gasteiger partial charge in [0.25, 0.3) is 0 Å². The minimum Gasteiger partial charge on any atom is -0.317 e. The molecule has 2 heterocycles. The Balaban J connectivity index is 2.33. The summed E-state index contributed by atoms with van der Waals surface area (Å²) in [5.74, 6) is 0. The smallest absolute Gasteiger partial charge is 0.182 e. The fraction of sp³-hybridized carbons (Fsp3) is 0.200. The molecule has 5 heteroatoms. The maximum atomic E-state index is 7.74. The fourth-order valence-corrected chi connectivity index (χ4v) is 2.51. The molecule has 0 amide bonds. The second kappa shape index (κ2) is 4.28. The topological polar surface area (TPSA) is 41.7 Å². The first-order valence-corrected chi connectivity index (χ1v) is 6.13. The predicted molar refractivity (Wildman–Crippen MR) is 63.9 cm³/mol. The Hall–Kier alpha value is -0.940. The summed E-state index contributed by atoms with van der Waals surface area (Å²) in [5, 5.41) is 9.74. The number of nitrogens with zero attached hydrogens (tertiary/aromatic N) is 2. The molecule has 0 aliphatic rings. The van der Waals surface area contributed by atoms with E-state index in [9.17, 15) is 0 Å². The van der Waals surface area contributed by atoms with Gasteiger partial charge in [-0.1, -0.05) is 0 Å². The number of rotatable bonds is 2. The van der Waals surface area contributed by atoms with Crippen LogP contribution in [0.1, 0.15) is 11.3 Å². The molecular formula is C10H10BrN3S. The van der Waals surface area contributed by atoms with Crippen LogP contribution in [0.4, 0.5) is 0 Å². The van der Waals surface area contributed by atoms with Crippen molar-refractivity contribution < 1.29 is 0 Å². The average Bonchev–Trinajstić information content (AvgIpc) is 2.50. The van der Waals surface area contributed by atoms with E-state index >= 15 is 0 Å². The highest BCUT2D eigenvalue weighted by atomic mass is 79.9. The second-order valence-electron chi connectivity index (χ2n) is 3.28. The zero-order valence-electron chi connectivity index (χ0n) is 8.20. The van der Waals surface area contributed by atoms with E-state index in [0.29, 0.717) is 11.3 Å². The highest BCUT2D eigenvalue weighted by molar-refractivity contribution is 9.10. The van der Waals surface area contributed by atoms with Crippen LogP contribution < -0.4 is 4.80 Å².